The molecule has 7 nitrogen and oxygen atoms in total. The Bertz CT molecular complexity index is 997. The van der Waals surface area contributed by atoms with E-state index < -0.39 is 0 Å². The molecule has 0 bridgehead atoms. The summed E-state index contributed by atoms with van der Waals surface area (Å²) in [7, 11) is 0. The Balaban J connectivity index is 1.45. The molecule has 1 fully saturated rings. The fraction of sp³-hybridized carbons (Fsp3) is 0.333. The van der Waals surface area contributed by atoms with Gasteiger partial charge in [0.05, 0.1) is 11.2 Å². The molecule has 0 unspecified atom stereocenters. The van der Waals surface area contributed by atoms with Gasteiger partial charge in [-0.3, -0.25) is 4.79 Å². The van der Waals surface area contributed by atoms with Gasteiger partial charge in [-0.25, -0.2) is 15.0 Å². The molecule has 3 aromatic rings. The summed E-state index contributed by atoms with van der Waals surface area (Å²) in [6.07, 6.45) is 3.43. The van der Waals surface area contributed by atoms with E-state index in [9.17, 15) is 4.79 Å². The van der Waals surface area contributed by atoms with Crippen molar-refractivity contribution in [3.63, 3.8) is 0 Å². The van der Waals surface area contributed by atoms with Gasteiger partial charge in [-0.15, -0.1) is 0 Å². The van der Waals surface area contributed by atoms with Crippen LogP contribution >= 0.6 is 0 Å². The van der Waals surface area contributed by atoms with Crippen molar-refractivity contribution in [2.24, 2.45) is 0 Å². The molecule has 144 valence electrons. The van der Waals surface area contributed by atoms with Crippen LogP contribution in [0.5, 0.6) is 0 Å². The average molecular weight is 376 g/mol. The molecule has 0 saturated carbocycles. The van der Waals surface area contributed by atoms with Crippen molar-refractivity contribution in [1.82, 2.24) is 25.2 Å². The van der Waals surface area contributed by atoms with Gasteiger partial charge in [-0.05, 0) is 36.6 Å². The third-order valence-corrected chi connectivity index (χ3v) is 5.27. The maximum atomic E-state index is 11.4. The molecule has 0 atom stereocenters. The average Bonchev–Trinajstić information content (AvgIpc) is 2.73. The summed E-state index contributed by atoms with van der Waals surface area (Å²) in [5, 5.41) is 3.62. The van der Waals surface area contributed by atoms with E-state index in [2.05, 4.69) is 32.4 Å². The van der Waals surface area contributed by atoms with Crippen molar-refractivity contribution in [3.05, 3.63) is 48.3 Å². The Labute approximate surface area is 164 Å². The van der Waals surface area contributed by atoms with Gasteiger partial charge in [-0.1, -0.05) is 18.2 Å². The van der Waals surface area contributed by atoms with Gasteiger partial charge < -0.3 is 16.0 Å². The molecule has 1 saturated heterocycles. The first-order valence-electron chi connectivity index (χ1n) is 9.55. The number of nitrogen functional groups attached to an aromatic ring is 1. The predicted molar refractivity (Wildman–Crippen MR) is 109 cm³/mol. The van der Waals surface area contributed by atoms with Gasteiger partial charge in [0.15, 0.2) is 5.82 Å². The third kappa shape index (κ3) is 3.94. The maximum Gasteiger partial charge on any atom is 0.219 e. The highest BCUT2D eigenvalue weighted by Crippen LogP contribution is 2.23. The summed E-state index contributed by atoms with van der Waals surface area (Å²) in [5.74, 6) is 0.557. The van der Waals surface area contributed by atoms with Crippen LogP contribution in [0.15, 0.2) is 42.7 Å². The number of carbonyl (C=O) groups excluding carboxylic acids is 1. The number of aromatic nitrogens is 3. The highest BCUT2D eigenvalue weighted by Gasteiger charge is 2.20. The highest BCUT2D eigenvalue weighted by atomic mass is 16.2. The molecule has 3 heterocycles. The minimum atomic E-state index is 0.167. The first kappa shape index (κ1) is 18.3. The molecule has 0 spiro atoms. The SMILES string of the molecule is CC(=O)N1CCC(NCc2cccc(-c3ccc4ncnc(N)c4n3)c2)CC1. The fourth-order valence-electron chi connectivity index (χ4n) is 3.62. The molecule has 3 N–H and O–H groups in total. The molecule has 1 aliphatic rings. The van der Waals surface area contributed by atoms with Crippen LogP contribution in [0.4, 0.5) is 5.82 Å². The first-order valence-corrected chi connectivity index (χ1v) is 9.55. The molecule has 0 aliphatic carbocycles. The van der Waals surface area contributed by atoms with Crippen molar-refractivity contribution in [1.29, 1.82) is 0 Å². The summed E-state index contributed by atoms with van der Waals surface area (Å²) in [6, 6.07) is 12.7. The number of piperidine rings is 1. The lowest BCUT2D eigenvalue weighted by atomic mass is 10.0. The van der Waals surface area contributed by atoms with Crippen LogP contribution in [0, 0.1) is 0 Å². The second-order valence-electron chi connectivity index (χ2n) is 7.18. The zero-order valence-corrected chi connectivity index (χ0v) is 15.9. The van der Waals surface area contributed by atoms with Crippen molar-refractivity contribution in [2.75, 3.05) is 18.8 Å². The second-order valence-corrected chi connectivity index (χ2v) is 7.18. The molecule has 2 aromatic heterocycles. The monoisotopic (exact) mass is 376 g/mol. The molecule has 1 aromatic carbocycles. The second kappa shape index (κ2) is 7.90. The van der Waals surface area contributed by atoms with E-state index in [4.69, 9.17) is 5.73 Å². The minimum absolute atomic E-state index is 0.167. The Morgan fingerprint density at radius 1 is 1.21 bits per heavy atom. The summed E-state index contributed by atoms with van der Waals surface area (Å²) >= 11 is 0. The Hall–Kier alpha value is -3.06. The lowest BCUT2D eigenvalue weighted by Gasteiger charge is -2.31. The Kier molecular flexibility index (Phi) is 5.16. The number of nitrogens with one attached hydrogen (secondary N) is 1. The van der Waals surface area contributed by atoms with Crippen LogP contribution in [0.3, 0.4) is 0 Å². The zero-order valence-electron chi connectivity index (χ0n) is 15.9. The number of hydrogen-bond acceptors (Lipinski definition) is 6. The van der Waals surface area contributed by atoms with E-state index >= 15 is 0 Å². The number of benzene rings is 1. The topological polar surface area (TPSA) is 97.0 Å². The van der Waals surface area contributed by atoms with E-state index in [0.29, 0.717) is 17.4 Å². The molecular weight excluding hydrogens is 352 g/mol. The number of likely N-dealkylation sites (tertiary alicyclic amines) is 1. The third-order valence-electron chi connectivity index (χ3n) is 5.27. The lowest BCUT2D eigenvalue weighted by molar-refractivity contribution is -0.129. The number of nitrogens with zero attached hydrogens (tertiary/aromatic N) is 4. The predicted octanol–water partition coefficient (Wildman–Crippen LogP) is 2.37. The van der Waals surface area contributed by atoms with Crippen LogP contribution in [-0.2, 0) is 11.3 Å². The summed E-state index contributed by atoms with van der Waals surface area (Å²) in [5.41, 5.74) is 10.4. The van der Waals surface area contributed by atoms with Crippen LogP contribution in [-0.4, -0.2) is 44.9 Å². The molecule has 4 rings (SSSR count). The number of fused-ring (bicyclic) bond motifs is 1. The van der Waals surface area contributed by atoms with Gasteiger partial charge in [0.1, 0.15) is 11.8 Å². The molecule has 1 amide bonds. The molecule has 1 aliphatic heterocycles. The van der Waals surface area contributed by atoms with Gasteiger partial charge in [0.25, 0.3) is 0 Å². The van der Waals surface area contributed by atoms with Gasteiger partial charge in [0.2, 0.25) is 5.91 Å². The summed E-state index contributed by atoms with van der Waals surface area (Å²) in [6.45, 7) is 4.09. The van der Waals surface area contributed by atoms with Crippen molar-refractivity contribution < 1.29 is 4.79 Å². The quantitative estimate of drug-likeness (QED) is 0.726. The normalized spacial score (nSPS) is 15.1. The number of carbonyl (C=O) groups is 1. The highest BCUT2D eigenvalue weighted by molar-refractivity contribution is 5.85. The van der Waals surface area contributed by atoms with Crippen LogP contribution in [0.1, 0.15) is 25.3 Å². The van der Waals surface area contributed by atoms with E-state index in [-0.39, 0.29) is 5.91 Å². The van der Waals surface area contributed by atoms with Crippen LogP contribution in [0.25, 0.3) is 22.3 Å². The van der Waals surface area contributed by atoms with Crippen LogP contribution in [0.2, 0.25) is 0 Å². The number of hydrogen-bond donors (Lipinski definition) is 2. The van der Waals surface area contributed by atoms with Crippen molar-refractivity contribution in [3.8, 4) is 11.3 Å². The number of pyridine rings is 1. The fourth-order valence-corrected chi connectivity index (χ4v) is 3.62. The summed E-state index contributed by atoms with van der Waals surface area (Å²) < 4.78 is 0. The zero-order chi connectivity index (χ0) is 19.5. The van der Waals surface area contributed by atoms with Crippen molar-refractivity contribution in [2.45, 2.75) is 32.4 Å². The first-order chi connectivity index (χ1) is 13.6. The minimum Gasteiger partial charge on any atom is -0.382 e. The van der Waals surface area contributed by atoms with Gasteiger partial charge in [-0.2, -0.15) is 0 Å². The largest absolute Gasteiger partial charge is 0.382 e. The molecule has 0 radical (unpaired) electrons. The van der Waals surface area contributed by atoms with Gasteiger partial charge in [0, 0.05) is 38.2 Å². The van der Waals surface area contributed by atoms with E-state index in [1.54, 1.807) is 6.92 Å². The lowest BCUT2D eigenvalue weighted by Crippen LogP contribution is -2.43. The smallest absolute Gasteiger partial charge is 0.219 e. The standard InChI is InChI=1S/C21H24N6O/c1-14(28)27-9-7-17(8-10-27)23-12-15-3-2-4-16(11-15)18-5-6-19-20(26-18)21(22)25-13-24-19/h2-6,11,13,17,23H,7-10,12H2,1H3,(H2,22,24,25). The van der Waals surface area contributed by atoms with Crippen LogP contribution < -0.4 is 11.1 Å². The Morgan fingerprint density at radius 2 is 2.04 bits per heavy atom. The van der Waals surface area contributed by atoms with E-state index in [1.165, 1.54) is 11.9 Å². The Morgan fingerprint density at radius 3 is 2.82 bits per heavy atom. The number of rotatable bonds is 4. The molecule has 7 heteroatoms. The molecule has 28 heavy (non-hydrogen) atoms. The van der Waals surface area contributed by atoms with E-state index in [0.717, 1.165) is 49.2 Å². The molecular formula is C21H24N6O. The van der Waals surface area contributed by atoms with Crippen molar-refractivity contribution >= 4 is 22.8 Å². The maximum absolute atomic E-state index is 11.4. The van der Waals surface area contributed by atoms with E-state index in [1.807, 2.05) is 29.2 Å². The number of anilines is 1. The number of nitrogens with two attached hydrogens (primary N) is 1. The van der Waals surface area contributed by atoms with Gasteiger partial charge >= 0.3 is 0 Å². The summed E-state index contributed by atoms with van der Waals surface area (Å²) in [4.78, 5) is 26.2. The number of amides is 1.